The minimum atomic E-state index is -0.734. The molecule has 0 atom stereocenters. The van der Waals surface area contributed by atoms with Crippen LogP contribution in [-0.2, 0) is 0 Å². The number of anilines is 1. The van der Waals surface area contributed by atoms with Crippen LogP contribution >= 0.6 is 23.2 Å². The van der Waals surface area contributed by atoms with Crippen LogP contribution in [-0.4, -0.2) is 11.9 Å². The zero-order valence-electron chi connectivity index (χ0n) is 10.5. The maximum absolute atomic E-state index is 12.9. The van der Waals surface area contributed by atoms with Gasteiger partial charge < -0.3 is 5.32 Å². The summed E-state index contributed by atoms with van der Waals surface area (Å²) in [6.45, 7) is 0. The third kappa shape index (κ3) is 4.18. The van der Waals surface area contributed by atoms with E-state index in [0.29, 0.717) is 10.7 Å². The van der Waals surface area contributed by atoms with Gasteiger partial charge in [-0.1, -0.05) is 23.2 Å². The number of benzene rings is 2. The Hall–Kier alpha value is -2.11. The Morgan fingerprint density at radius 2 is 1.67 bits per heavy atom. The van der Waals surface area contributed by atoms with Crippen LogP contribution in [0.2, 0.25) is 10.0 Å². The summed E-state index contributed by atoms with van der Waals surface area (Å²) in [5.41, 5.74) is 0.472. The molecule has 2 N–H and O–H groups in total. The fourth-order valence-electron chi connectivity index (χ4n) is 1.54. The number of carbonyl (C=O) groups excluding carboxylic acids is 2. The highest BCUT2D eigenvalue weighted by Crippen LogP contribution is 2.17. The molecule has 0 aromatic heterocycles. The molecule has 2 rings (SSSR count). The third-order valence-corrected chi connectivity index (χ3v) is 3.07. The largest absolute Gasteiger partial charge is 0.326 e. The minimum Gasteiger partial charge on any atom is -0.308 e. The second-order valence-electron chi connectivity index (χ2n) is 4.04. The van der Waals surface area contributed by atoms with Gasteiger partial charge in [0.2, 0.25) is 0 Å². The van der Waals surface area contributed by atoms with Crippen LogP contribution in [0.4, 0.5) is 14.9 Å². The van der Waals surface area contributed by atoms with Crippen LogP contribution in [0, 0.1) is 5.82 Å². The van der Waals surface area contributed by atoms with Gasteiger partial charge in [0.05, 0.1) is 10.6 Å². The van der Waals surface area contributed by atoms with E-state index in [1.165, 1.54) is 6.07 Å². The van der Waals surface area contributed by atoms with Crippen molar-refractivity contribution in [3.63, 3.8) is 0 Å². The predicted molar refractivity (Wildman–Crippen MR) is 79.3 cm³/mol. The number of nitrogens with one attached hydrogen (secondary N) is 2. The molecule has 0 aliphatic rings. The Bertz CT molecular complexity index is 690. The van der Waals surface area contributed by atoms with Crippen molar-refractivity contribution < 1.29 is 14.0 Å². The van der Waals surface area contributed by atoms with Crippen LogP contribution in [0.3, 0.4) is 0 Å². The summed E-state index contributed by atoms with van der Waals surface area (Å²) in [6, 6.07) is 8.89. The van der Waals surface area contributed by atoms with Crippen molar-refractivity contribution in [2.75, 3.05) is 5.32 Å². The van der Waals surface area contributed by atoms with Gasteiger partial charge in [-0.15, -0.1) is 0 Å². The highest BCUT2D eigenvalue weighted by molar-refractivity contribution is 6.34. The number of imide groups is 1. The maximum atomic E-state index is 12.9. The van der Waals surface area contributed by atoms with E-state index in [4.69, 9.17) is 23.2 Å². The summed E-state index contributed by atoms with van der Waals surface area (Å²) in [5.74, 6) is -1.30. The fourth-order valence-corrected chi connectivity index (χ4v) is 1.92. The molecule has 0 saturated heterocycles. The molecule has 0 radical (unpaired) electrons. The second-order valence-corrected chi connectivity index (χ2v) is 4.88. The van der Waals surface area contributed by atoms with Gasteiger partial charge in [0, 0.05) is 10.7 Å². The molecule has 108 valence electrons. The lowest BCUT2D eigenvalue weighted by Gasteiger charge is -2.08. The SMILES string of the molecule is O=C(NC(=O)c1ccc(F)cc1Cl)Nc1ccc(Cl)cc1. The number of carbonyl (C=O) groups is 2. The Balaban J connectivity index is 2.02. The highest BCUT2D eigenvalue weighted by Gasteiger charge is 2.14. The molecule has 7 heteroatoms. The monoisotopic (exact) mass is 326 g/mol. The predicted octanol–water partition coefficient (Wildman–Crippen LogP) is 4.09. The Morgan fingerprint density at radius 1 is 1.00 bits per heavy atom. The topological polar surface area (TPSA) is 58.2 Å². The lowest BCUT2D eigenvalue weighted by Crippen LogP contribution is -2.34. The van der Waals surface area contributed by atoms with Gasteiger partial charge in [0.1, 0.15) is 5.82 Å². The van der Waals surface area contributed by atoms with Crippen LogP contribution in [0.15, 0.2) is 42.5 Å². The molecule has 2 aromatic carbocycles. The van der Waals surface area contributed by atoms with E-state index >= 15 is 0 Å². The average Bonchev–Trinajstić information content (AvgIpc) is 2.41. The van der Waals surface area contributed by atoms with Crippen molar-refractivity contribution in [2.45, 2.75) is 0 Å². The van der Waals surface area contributed by atoms with E-state index in [1.54, 1.807) is 24.3 Å². The van der Waals surface area contributed by atoms with Crippen LogP contribution in [0.1, 0.15) is 10.4 Å². The first-order chi connectivity index (χ1) is 9.95. The number of rotatable bonds is 2. The number of amides is 3. The van der Waals surface area contributed by atoms with Gasteiger partial charge in [-0.05, 0) is 42.5 Å². The van der Waals surface area contributed by atoms with Gasteiger partial charge in [-0.3, -0.25) is 10.1 Å². The molecule has 0 aliphatic carbocycles. The Kier molecular flexibility index (Phi) is 4.77. The van der Waals surface area contributed by atoms with Crippen LogP contribution in [0.25, 0.3) is 0 Å². The van der Waals surface area contributed by atoms with Crippen molar-refractivity contribution >= 4 is 40.8 Å². The molecule has 21 heavy (non-hydrogen) atoms. The van der Waals surface area contributed by atoms with Gasteiger partial charge in [-0.2, -0.15) is 0 Å². The summed E-state index contributed by atoms with van der Waals surface area (Å²) < 4.78 is 12.9. The summed E-state index contributed by atoms with van der Waals surface area (Å²) in [5, 5.41) is 4.99. The molecule has 4 nitrogen and oxygen atoms in total. The molecule has 0 fully saturated rings. The normalized spacial score (nSPS) is 10.0. The van der Waals surface area contributed by atoms with E-state index in [2.05, 4.69) is 10.6 Å². The molecular weight excluding hydrogens is 318 g/mol. The second kappa shape index (κ2) is 6.56. The molecule has 0 bridgehead atoms. The molecule has 0 heterocycles. The third-order valence-electron chi connectivity index (χ3n) is 2.50. The van der Waals surface area contributed by atoms with Crippen molar-refractivity contribution in [1.29, 1.82) is 0 Å². The minimum absolute atomic E-state index is 0.00400. The molecule has 0 aliphatic heterocycles. The fraction of sp³-hybridized carbons (Fsp3) is 0. The molecule has 2 aromatic rings. The molecule has 0 spiro atoms. The van der Waals surface area contributed by atoms with Crippen LogP contribution < -0.4 is 10.6 Å². The zero-order chi connectivity index (χ0) is 15.4. The summed E-state index contributed by atoms with van der Waals surface area (Å²) in [7, 11) is 0. The van der Waals surface area contributed by atoms with Gasteiger partial charge >= 0.3 is 6.03 Å². The van der Waals surface area contributed by atoms with E-state index in [1.807, 2.05) is 0 Å². The lowest BCUT2D eigenvalue weighted by molar-refractivity contribution is 0.0967. The van der Waals surface area contributed by atoms with Crippen molar-refractivity contribution in [1.82, 2.24) is 5.32 Å². The number of urea groups is 1. The van der Waals surface area contributed by atoms with Gasteiger partial charge in [0.15, 0.2) is 0 Å². The van der Waals surface area contributed by atoms with Crippen molar-refractivity contribution in [3.05, 3.63) is 63.9 Å². The Morgan fingerprint density at radius 3 is 2.29 bits per heavy atom. The molecule has 3 amide bonds. The van der Waals surface area contributed by atoms with Crippen molar-refractivity contribution in [3.8, 4) is 0 Å². The number of halogens is 3. The van der Waals surface area contributed by atoms with E-state index in [9.17, 15) is 14.0 Å². The Labute approximate surface area is 129 Å². The molecule has 0 saturated carbocycles. The first-order valence-electron chi connectivity index (χ1n) is 5.78. The van der Waals surface area contributed by atoms with E-state index in [-0.39, 0.29) is 10.6 Å². The van der Waals surface area contributed by atoms with Gasteiger partial charge in [-0.25, -0.2) is 9.18 Å². The first kappa shape index (κ1) is 15.3. The van der Waals surface area contributed by atoms with Crippen molar-refractivity contribution in [2.24, 2.45) is 0 Å². The number of hydrogen-bond acceptors (Lipinski definition) is 2. The lowest BCUT2D eigenvalue weighted by atomic mass is 10.2. The highest BCUT2D eigenvalue weighted by atomic mass is 35.5. The molecule has 0 unspecified atom stereocenters. The number of hydrogen-bond donors (Lipinski definition) is 2. The van der Waals surface area contributed by atoms with Gasteiger partial charge in [0.25, 0.3) is 5.91 Å². The standard InChI is InChI=1S/C14H9Cl2FN2O2/c15-8-1-4-10(5-2-8)18-14(21)19-13(20)11-6-3-9(17)7-12(11)16/h1-7H,(H2,18,19,20,21). The van der Waals surface area contributed by atoms with Crippen LogP contribution in [0.5, 0.6) is 0 Å². The smallest absolute Gasteiger partial charge is 0.308 e. The summed E-state index contributed by atoms with van der Waals surface area (Å²) in [4.78, 5) is 23.5. The molecular formula is C14H9Cl2FN2O2. The maximum Gasteiger partial charge on any atom is 0.326 e. The average molecular weight is 327 g/mol. The quantitative estimate of drug-likeness (QED) is 0.873. The summed E-state index contributed by atoms with van der Waals surface area (Å²) >= 11 is 11.5. The first-order valence-corrected chi connectivity index (χ1v) is 6.54. The summed E-state index contributed by atoms with van der Waals surface area (Å²) in [6.07, 6.45) is 0. The zero-order valence-corrected chi connectivity index (χ0v) is 12.0. The van der Waals surface area contributed by atoms with E-state index in [0.717, 1.165) is 12.1 Å². The van der Waals surface area contributed by atoms with E-state index < -0.39 is 17.8 Å².